The van der Waals surface area contributed by atoms with Crippen LogP contribution in [0, 0.1) is 24.0 Å². The quantitative estimate of drug-likeness (QED) is 0.313. The molecule has 6 heteroatoms. The summed E-state index contributed by atoms with van der Waals surface area (Å²) in [4.78, 5) is 22.0. The summed E-state index contributed by atoms with van der Waals surface area (Å²) in [6.07, 6.45) is 0.711. The topological polar surface area (TPSA) is 78.7 Å². The van der Waals surface area contributed by atoms with Gasteiger partial charge in [0.1, 0.15) is 23.9 Å². The SMILES string of the molecule is Cc1cc([N+](=O)[O-])cc(C)c1Oc1ccc(OCc2ccccc2)c(C=O)c1. The zero-order chi connectivity index (χ0) is 20.1. The van der Waals surface area contributed by atoms with Crippen LogP contribution in [0.1, 0.15) is 27.0 Å². The van der Waals surface area contributed by atoms with Gasteiger partial charge in [0.15, 0.2) is 6.29 Å². The number of nitrogens with zero attached hydrogens (tertiary/aromatic N) is 1. The molecule has 142 valence electrons. The maximum absolute atomic E-state index is 11.5. The van der Waals surface area contributed by atoms with Crippen LogP contribution < -0.4 is 9.47 Å². The van der Waals surface area contributed by atoms with Gasteiger partial charge in [0.05, 0.1) is 10.5 Å². The van der Waals surface area contributed by atoms with Crippen molar-refractivity contribution >= 4 is 12.0 Å². The molecule has 0 aliphatic heterocycles. The van der Waals surface area contributed by atoms with E-state index in [4.69, 9.17) is 9.47 Å². The van der Waals surface area contributed by atoms with E-state index in [0.29, 0.717) is 46.8 Å². The van der Waals surface area contributed by atoms with Crippen molar-refractivity contribution in [2.45, 2.75) is 20.5 Å². The number of non-ortho nitro benzene ring substituents is 1. The summed E-state index contributed by atoms with van der Waals surface area (Å²) in [7, 11) is 0. The van der Waals surface area contributed by atoms with E-state index in [1.54, 1.807) is 32.0 Å². The van der Waals surface area contributed by atoms with E-state index in [1.165, 1.54) is 12.1 Å². The summed E-state index contributed by atoms with van der Waals surface area (Å²) < 4.78 is 11.6. The molecule has 0 saturated carbocycles. The highest BCUT2D eigenvalue weighted by Gasteiger charge is 2.14. The fourth-order valence-corrected chi connectivity index (χ4v) is 2.86. The molecule has 0 amide bonds. The van der Waals surface area contributed by atoms with Gasteiger partial charge >= 0.3 is 0 Å². The Kier molecular flexibility index (Phi) is 5.69. The van der Waals surface area contributed by atoms with Crippen molar-refractivity contribution in [3.8, 4) is 17.2 Å². The number of aldehydes is 1. The van der Waals surface area contributed by atoms with Crippen LogP contribution in [0.3, 0.4) is 0 Å². The number of aryl methyl sites for hydroxylation is 2. The summed E-state index contributed by atoms with van der Waals surface area (Å²) >= 11 is 0. The number of rotatable bonds is 7. The average molecular weight is 377 g/mol. The molecule has 0 unspecified atom stereocenters. The Morgan fingerprint density at radius 1 is 1.00 bits per heavy atom. The molecule has 28 heavy (non-hydrogen) atoms. The third-order valence-electron chi connectivity index (χ3n) is 4.22. The van der Waals surface area contributed by atoms with Crippen LogP contribution in [0.5, 0.6) is 17.2 Å². The molecule has 3 aromatic carbocycles. The van der Waals surface area contributed by atoms with Crippen LogP contribution >= 0.6 is 0 Å². The Balaban J connectivity index is 1.81. The monoisotopic (exact) mass is 377 g/mol. The second-order valence-electron chi connectivity index (χ2n) is 6.36. The van der Waals surface area contributed by atoms with Gasteiger partial charge < -0.3 is 9.47 Å². The van der Waals surface area contributed by atoms with Gasteiger partial charge in [-0.15, -0.1) is 0 Å². The molecule has 0 heterocycles. The number of carbonyl (C=O) groups is 1. The Morgan fingerprint density at radius 2 is 1.68 bits per heavy atom. The summed E-state index contributed by atoms with van der Waals surface area (Å²) in [5.74, 6) is 1.44. The first kappa shape index (κ1) is 19.1. The normalized spacial score (nSPS) is 10.4. The Labute approximate surface area is 162 Å². The van der Waals surface area contributed by atoms with E-state index in [-0.39, 0.29) is 5.69 Å². The first-order chi connectivity index (χ1) is 13.5. The lowest BCUT2D eigenvalue weighted by Gasteiger charge is -2.14. The van der Waals surface area contributed by atoms with Crippen molar-refractivity contribution in [3.05, 3.63) is 93.0 Å². The van der Waals surface area contributed by atoms with Gasteiger partial charge in [-0.2, -0.15) is 0 Å². The predicted octanol–water partition coefficient (Wildman–Crippen LogP) is 5.40. The van der Waals surface area contributed by atoms with Crippen molar-refractivity contribution in [1.29, 1.82) is 0 Å². The average Bonchev–Trinajstić information content (AvgIpc) is 2.70. The van der Waals surface area contributed by atoms with Gasteiger partial charge in [0.25, 0.3) is 5.69 Å². The van der Waals surface area contributed by atoms with E-state index in [1.807, 2.05) is 30.3 Å². The van der Waals surface area contributed by atoms with Crippen LogP contribution in [0.15, 0.2) is 60.7 Å². The van der Waals surface area contributed by atoms with E-state index in [9.17, 15) is 14.9 Å². The van der Waals surface area contributed by atoms with Crippen LogP contribution in [-0.2, 0) is 6.61 Å². The van der Waals surface area contributed by atoms with Crippen molar-refractivity contribution in [3.63, 3.8) is 0 Å². The van der Waals surface area contributed by atoms with Gasteiger partial charge in [-0.3, -0.25) is 14.9 Å². The fourth-order valence-electron chi connectivity index (χ4n) is 2.86. The Hall–Kier alpha value is -3.67. The molecule has 0 N–H and O–H groups in total. The van der Waals surface area contributed by atoms with Crippen molar-refractivity contribution in [2.24, 2.45) is 0 Å². The van der Waals surface area contributed by atoms with Gasteiger partial charge in [-0.1, -0.05) is 30.3 Å². The lowest BCUT2D eigenvalue weighted by molar-refractivity contribution is -0.385. The molecule has 0 bridgehead atoms. The second kappa shape index (κ2) is 8.35. The van der Waals surface area contributed by atoms with Gasteiger partial charge in [-0.25, -0.2) is 0 Å². The molecule has 0 aliphatic carbocycles. The smallest absolute Gasteiger partial charge is 0.270 e. The maximum atomic E-state index is 11.5. The molecular weight excluding hydrogens is 358 g/mol. The minimum absolute atomic E-state index is 0.0144. The number of hydrogen-bond acceptors (Lipinski definition) is 5. The molecule has 3 aromatic rings. The third-order valence-corrected chi connectivity index (χ3v) is 4.22. The molecule has 0 aliphatic rings. The standard InChI is InChI=1S/C22H19NO5/c1-15-10-19(23(25)26)11-16(2)22(15)28-20-8-9-21(18(12-20)13-24)27-14-17-6-4-3-5-7-17/h3-13H,14H2,1-2H3. The third kappa shape index (κ3) is 4.35. The first-order valence-corrected chi connectivity index (χ1v) is 8.67. The highest BCUT2D eigenvalue weighted by atomic mass is 16.6. The highest BCUT2D eigenvalue weighted by molar-refractivity contribution is 5.80. The van der Waals surface area contributed by atoms with Gasteiger partial charge in [-0.05, 0) is 48.7 Å². The second-order valence-corrected chi connectivity index (χ2v) is 6.36. The molecule has 0 saturated heterocycles. The molecule has 0 aromatic heterocycles. The maximum Gasteiger partial charge on any atom is 0.270 e. The largest absolute Gasteiger partial charge is 0.488 e. The first-order valence-electron chi connectivity index (χ1n) is 8.67. The molecule has 0 atom stereocenters. The molecule has 6 nitrogen and oxygen atoms in total. The summed E-state index contributed by atoms with van der Waals surface area (Å²) in [6.45, 7) is 3.84. The summed E-state index contributed by atoms with van der Waals surface area (Å²) in [5.41, 5.74) is 2.66. The van der Waals surface area contributed by atoms with Crippen LogP contribution in [-0.4, -0.2) is 11.2 Å². The van der Waals surface area contributed by atoms with Crippen molar-refractivity contribution in [2.75, 3.05) is 0 Å². The number of nitro groups is 1. The van der Waals surface area contributed by atoms with Crippen molar-refractivity contribution in [1.82, 2.24) is 0 Å². The van der Waals surface area contributed by atoms with Crippen LogP contribution in [0.4, 0.5) is 5.69 Å². The van der Waals surface area contributed by atoms with E-state index < -0.39 is 4.92 Å². The van der Waals surface area contributed by atoms with E-state index in [0.717, 1.165) is 5.56 Å². The van der Waals surface area contributed by atoms with Crippen LogP contribution in [0.25, 0.3) is 0 Å². The molecular formula is C22H19NO5. The number of benzene rings is 3. The zero-order valence-corrected chi connectivity index (χ0v) is 15.5. The lowest BCUT2D eigenvalue weighted by atomic mass is 10.1. The van der Waals surface area contributed by atoms with Gasteiger partial charge in [0, 0.05) is 12.1 Å². The summed E-state index contributed by atoms with van der Waals surface area (Å²) in [5, 5.41) is 11.0. The Morgan fingerprint density at radius 3 is 2.29 bits per heavy atom. The number of carbonyl (C=O) groups excluding carboxylic acids is 1. The predicted molar refractivity (Wildman–Crippen MR) is 105 cm³/mol. The number of hydrogen-bond donors (Lipinski definition) is 0. The highest BCUT2D eigenvalue weighted by Crippen LogP contribution is 2.33. The van der Waals surface area contributed by atoms with Gasteiger partial charge in [0.2, 0.25) is 0 Å². The summed E-state index contributed by atoms with van der Waals surface area (Å²) in [6, 6.07) is 17.5. The minimum Gasteiger partial charge on any atom is -0.488 e. The molecule has 3 rings (SSSR count). The molecule has 0 spiro atoms. The molecule has 0 fully saturated rings. The fraction of sp³-hybridized carbons (Fsp3) is 0.136. The van der Waals surface area contributed by atoms with Crippen LogP contribution in [0.2, 0.25) is 0 Å². The van der Waals surface area contributed by atoms with Crippen molar-refractivity contribution < 1.29 is 19.2 Å². The minimum atomic E-state index is -0.437. The Bertz CT molecular complexity index is 992. The lowest BCUT2D eigenvalue weighted by Crippen LogP contribution is -1.99. The number of ether oxygens (including phenoxy) is 2. The number of nitro benzene ring substituents is 1. The zero-order valence-electron chi connectivity index (χ0n) is 15.5. The van der Waals surface area contributed by atoms with E-state index >= 15 is 0 Å². The molecule has 0 radical (unpaired) electrons. The van der Waals surface area contributed by atoms with E-state index in [2.05, 4.69) is 0 Å².